The van der Waals surface area contributed by atoms with Crippen molar-refractivity contribution in [3.05, 3.63) is 95.1 Å². The number of rotatable bonds is 8. The first-order valence-corrected chi connectivity index (χ1v) is 9.78. The Bertz CT molecular complexity index is 1100. The van der Waals surface area contributed by atoms with Crippen LogP contribution in [0.15, 0.2) is 72.8 Å². The van der Waals surface area contributed by atoms with Crippen LogP contribution in [0.1, 0.15) is 22.3 Å². The maximum absolute atomic E-state index is 12.6. The predicted molar refractivity (Wildman–Crippen MR) is 115 cm³/mol. The summed E-state index contributed by atoms with van der Waals surface area (Å²) >= 11 is 0. The molecule has 0 atom stereocenters. The van der Waals surface area contributed by atoms with Crippen LogP contribution in [0.4, 0.5) is 13.2 Å². The van der Waals surface area contributed by atoms with Crippen molar-refractivity contribution in [2.24, 2.45) is 0 Å². The topological polar surface area (TPSA) is 55.8 Å². The number of ether oxygens (including phenoxy) is 2. The van der Waals surface area contributed by atoms with Gasteiger partial charge in [0.1, 0.15) is 12.4 Å². The fourth-order valence-corrected chi connectivity index (χ4v) is 3.03. The molecular formula is C25H21F3O4. The minimum Gasteiger partial charge on any atom is -0.486 e. The lowest BCUT2D eigenvalue weighted by molar-refractivity contribution is -0.138. The highest BCUT2D eigenvalue weighted by atomic mass is 19.4. The molecule has 0 heterocycles. The highest BCUT2D eigenvalue weighted by Crippen LogP contribution is 2.35. The van der Waals surface area contributed by atoms with E-state index >= 15 is 0 Å². The summed E-state index contributed by atoms with van der Waals surface area (Å²) in [6, 6.07) is 17.1. The summed E-state index contributed by atoms with van der Waals surface area (Å²) in [4.78, 5) is 11.2. The van der Waals surface area contributed by atoms with E-state index in [9.17, 15) is 18.0 Å². The molecular weight excluding hydrogens is 421 g/mol. The first kappa shape index (κ1) is 22.9. The van der Waals surface area contributed by atoms with Crippen molar-refractivity contribution in [1.29, 1.82) is 0 Å². The van der Waals surface area contributed by atoms with E-state index < -0.39 is 17.7 Å². The maximum atomic E-state index is 12.6. The summed E-state index contributed by atoms with van der Waals surface area (Å²) in [7, 11) is 0. The van der Waals surface area contributed by atoms with Gasteiger partial charge < -0.3 is 14.6 Å². The molecule has 0 fully saturated rings. The largest absolute Gasteiger partial charge is 0.486 e. The molecule has 0 bridgehead atoms. The van der Waals surface area contributed by atoms with E-state index in [2.05, 4.69) is 0 Å². The maximum Gasteiger partial charge on any atom is 0.416 e. The quantitative estimate of drug-likeness (QED) is 0.431. The minimum absolute atomic E-state index is 0.164. The van der Waals surface area contributed by atoms with Crippen LogP contribution in [0, 0.1) is 6.92 Å². The number of carboxylic acids is 1. The second-order valence-electron chi connectivity index (χ2n) is 7.02. The van der Waals surface area contributed by atoms with Crippen LogP contribution in [-0.2, 0) is 17.4 Å². The molecule has 3 rings (SSSR count). The number of halogens is 3. The van der Waals surface area contributed by atoms with Gasteiger partial charge in [-0.2, -0.15) is 13.2 Å². The summed E-state index contributed by atoms with van der Waals surface area (Å²) < 4.78 is 49.7. The fraction of sp³-hybridized carbons (Fsp3) is 0.160. The van der Waals surface area contributed by atoms with E-state index in [1.54, 1.807) is 48.6 Å². The Hall–Kier alpha value is -3.74. The first-order valence-electron chi connectivity index (χ1n) is 9.78. The van der Waals surface area contributed by atoms with E-state index in [0.717, 1.165) is 17.7 Å². The van der Waals surface area contributed by atoms with Crippen LogP contribution in [-0.4, -0.2) is 17.7 Å². The lowest BCUT2D eigenvalue weighted by Gasteiger charge is -2.15. The van der Waals surface area contributed by atoms with Crippen molar-refractivity contribution >= 4 is 12.0 Å². The molecule has 0 aromatic heterocycles. The molecule has 7 heteroatoms. The van der Waals surface area contributed by atoms with Gasteiger partial charge in [-0.25, -0.2) is 0 Å². The van der Waals surface area contributed by atoms with Crippen molar-refractivity contribution in [2.45, 2.75) is 19.5 Å². The third kappa shape index (κ3) is 6.14. The Morgan fingerprint density at radius 3 is 2.31 bits per heavy atom. The Morgan fingerprint density at radius 1 is 0.969 bits per heavy atom. The van der Waals surface area contributed by atoms with Crippen LogP contribution < -0.4 is 9.47 Å². The SMILES string of the molecule is Cc1cccc(CC(=O)O)c1Oc1ccccc1OC/C=C/c1ccc(C(F)(F)F)cc1. The minimum atomic E-state index is -4.36. The third-order valence-corrected chi connectivity index (χ3v) is 4.58. The Balaban J connectivity index is 1.69. The molecule has 4 nitrogen and oxygen atoms in total. The number of hydrogen-bond acceptors (Lipinski definition) is 3. The van der Waals surface area contributed by atoms with Gasteiger partial charge in [0.2, 0.25) is 0 Å². The lowest BCUT2D eigenvalue weighted by Crippen LogP contribution is -2.04. The zero-order valence-electron chi connectivity index (χ0n) is 17.2. The number of benzene rings is 3. The number of carbonyl (C=O) groups is 1. The molecule has 0 amide bonds. The molecule has 0 radical (unpaired) electrons. The smallest absolute Gasteiger partial charge is 0.416 e. The Morgan fingerprint density at radius 2 is 1.66 bits per heavy atom. The Labute approximate surface area is 183 Å². The zero-order valence-corrected chi connectivity index (χ0v) is 17.2. The van der Waals surface area contributed by atoms with Gasteiger partial charge in [0.15, 0.2) is 11.5 Å². The summed E-state index contributed by atoms with van der Waals surface area (Å²) in [5.74, 6) is 0.384. The van der Waals surface area contributed by atoms with Crippen molar-refractivity contribution in [2.75, 3.05) is 6.61 Å². The van der Waals surface area contributed by atoms with Crippen LogP contribution in [0.25, 0.3) is 6.08 Å². The molecule has 166 valence electrons. The molecule has 0 aliphatic rings. The molecule has 0 saturated heterocycles. The number of para-hydroxylation sites is 3. The monoisotopic (exact) mass is 442 g/mol. The number of carboxylic acid groups (broad SMARTS) is 1. The standard InChI is InChI=1S/C25H21F3O4/c1-17-6-4-8-19(16-23(29)30)24(17)32-22-10-3-2-9-21(22)31-15-5-7-18-11-13-20(14-12-18)25(26,27)28/h2-14H,15-16H2,1H3,(H,29,30)/b7-5+. The van der Waals surface area contributed by atoms with Gasteiger partial charge in [0.05, 0.1) is 12.0 Å². The molecule has 0 aliphatic carbocycles. The van der Waals surface area contributed by atoms with Gasteiger partial charge in [-0.3, -0.25) is 4.79 Å². The average Bonchev–Trinajstić information content (AvgIpc) is 2.74. The van der Waals surface area contributed by atoms with E-state index in [4.69, 9.17) is 14.6 Å². The molecule has 0 spiro atoms. The average molecular weight is 442 g/mol. The Kier molecular flexibility index (Phi) is 7.20. The lowest BCUT2D eigenvalue weighted by atomic mass is 10.1. The van der Waals surface area contributed by atoms with Crippen molar-refractivity contribution in [3.8, 4) is 17.2 Å². The normalized spacial score (nSPS) is 11.5. The van der Waals surface area contributed by atoms with Gasteiger partial charge in [-0.1, -0.05) is 48.5 Å². The molecule has 0 aliphatic heterocycles. The van der Waals surface area contributed by atoms with Crippen molar-refractivity contribution < 1.29 is 32.5 Å². The van der Waals surface area contributed by atoms with Crippen LogP contribution in [0.2, 0.25) is 0 Å². The molecule has 32 heavy (non-hydrogen) atoms. The van der Waals surface area contributed by atoms with E-state index in [1.807, 2.05) is 13.0 Å². The summed E-state index contributed by atoms with van der Waals surface area (Å²) in [5.41, 5.74) is 1.26. The van der Waals surface area contributed by atoms with Gasteiger partial charge in [-0.05, 0) is 48.4 Å². The number of hydrogen-bond donors (Lipinski definition) is 1. The van der Waals surface area contributed by atoms with E-state index in [-0.39, 0.29) is 13.0 Å². The van der Waals surface area contributed by atoms with Gasteiger partial charge in [0, 0.05) is 5.56 Å². The number of alkyl halides is 3. The molecule has 3 aromatic rings. The first-order chi connectivity index (χ1) is 15.2. The summed E-state index contributed by atoms with van der Waals surface area (Å²) in [6.07, 6.45) is -1.19. The predicted octanol–water partition coefficient (Wildman–Crippen LogP) is 6.53. The fourth-order valence-electron chi connectivity index (χ4n) is 3.03. The van der Waals surface area contributed by atoms with Crippen LogP contribution >= 0.6 is 0 Å². The second kappa shape index (κ2) is 10.0. The van der Waals surface area contributed by atoms with Gasteiger partial charge in [0.25, 0.3) is 0 Å². The number of aliphatic carboxylic acids is 1. The zero-order chi connectivity index (χ0) is 23.1. The number of aryl methyl sites for hydroxylation is 1. The summed E-state index contributed by atoms with van der Waals surface area (Å²) in [6.45, 7) is 1.99. The van der Waals surface area contributed by atoms with Gasteiger partial charge >= 0.3 is 12.1 Å². The van der Waals surface area contributed by atoms with E-state index in [0.29, 0.717) is 28.4 Å². The third-order valence-electron chi connectivity index (χ3n) is 4.58. The molecule has 1 N–H and O–H groups in total. The van der Waals surface area contributed by atoms with Gasteiger partial charge in [-0.15, -0.1) is 0 Å². The highest BCUT2D eigenvalue weighted by molar-refractivity contribution is 5.72. The van der Waals surface area contributed by atoms with Crippen molar-refractivity contribution in [3.63, 3.8) is 0 Å². The van der Waals surface area contributed by atoms with Crippen LogP contribution in [0.3, 0.4) is 0 Å². The highest BCUT2D eigenvalue weighted by Gasteiger charge is 2.29. The molecule has 0 unspecified atom stereocenters. The molecule has 0 saturated carbocycles. The van der Waals surface area contributed by atoms with Crippen LogP contribution in [0.5, 0.6) is 17.2 Å². The second-order valence-corrected chi connectivity index (χ2v) is 7.02. The molecule has 3 aromatic carbocycles. The summed E-state index contributed by atoms with van der Waals surface area (Å²) in [5, 5.41) is 9.15. The van der Waals surface area contributed by atoms with Crippen molar-refractivity contribution in [1.82, 2.24) is 0 Å². The van der Waals surface area contributed by atoms with E-state index in [1.165, 1.54) is 12.1 Å².